The first kappa shape index (κ1) is 18.1. The third-order valence-corrected chi connectivity index (χ3v) is 4.26. The fraction of sp³-hybridized carbons (Fsp3) is 0.647. The molecule has 4 heteroatoms. The highest BCUT2D eigenvalue weighted by molar-refractivity contribution is 5.85. The van der Waals surface area contributed by atoms with Gasteiger partial charge in [0.2, 0.25) is 0 Å². The number of benzene rings is 1. The molecule has 1 heterocycles. The van der Waals surface area contributed by atoms with Gasteiger partial charge in [-0.2, -0.15) is 0 Å². The van der Waals surface area contributed by atoms with Crippen molar-refractivity contribution < 1.29 is 9.47 Å². The number of piperidine rings is 1. The lowest BCUT2D eigenvalue weighted by molar-refractivity contribution is 0.0961. The molecule has 0 unspecified atom stereocenters. The second kappa shape index (κ2) is 9.16. The Hall–Kier alpha value is -0.930. The van der Waals surface area contributed by atoms with Crippen molar-refractivity contribution in [1.29, 1.82) is 0 Å². The zero-order valence-electron chi connectivity index (χ0n) is 13.4. The van der Waals surface area contributed by atoms with E-state index in [0.29, 0.717) is 0 Å². The van der Waals surface area contributed by atoms with Crippen LogP contribution in [0, 0.1) is 0 Å². The summed E-state index contributed by atoms with van der Waals surface area (Å²) in [6, 6.07) is 9.24. The standard InChI is InChI=1S/C17H27NO2.ClH/c1-14-6-4-7-15(2)18(14)12-5-13-20-17-10-8-16(19-3)9-11-17;/h8-11,14-15H,4-7,12-13H2,1-3H3;1H/t14-,15+;. The molecule has 0 bridgehead atoms. The normalized spacial score (nSPS) is 22.4. The van der Waals surface area contributed by atoms with Crippen LogP contribution in [0.25, 0.3) is 0 Å². The van der Waals surface area contributed by atoms with E-state index >= 15 is 0 Å². The van der Waals surface area contributed by atoms with E-state index in [9.17, 15) is 0 Å². The van der Waals surface area contributed by atoms with Gasteiger partial charge in [-0.05, 0) is 57.4 Å². The third-order valence-electron chi connectivity index (χ3n) is 4.26. The van der Waals surface area contributed by atoms with Crippen LogP contribution in [0.4, 0.5) is 0 Å². The van der Waals surface area contributed by atoms with Crippen molar-refractivity contribution in [3.63, 3.8) is 0 Å². The Morgan fingerprint density at radius 1 is 1.05 bits per heavy atom. The van der Waals surface area contributed by atoms with Crippen molar-refractivity contribution in [1.82, 2.24) is 4.90 Å². The van der Waals surface area contributed by atoms with Crippen molar-refractivity contribution in [2.24, 2.45) is 0 Å². The van der Waals surface area contributed by atoms with Gasteiger partial charge in [-0.15, -0.1) is 12.4 Å². The number of likely N-dealkylation sites (tertiary alicyclic amines) is 1. The molecule has 0 N–H and O–H groups in total. The van der Waals surface area contributed by atoms with Gasteiger partial charge in [-0.25, -0.2) is 0 Å². The third kappa shape index (κ3) is 5.40. The van der Waals surface area contributed by atoms with E-state index in [1.54, 1.807) is 7.11 Å². The van der Waals surface area contributed by atoms with E-state index in [1.807, 2.05) is 24.3 Å². The van der Waals surface area contributed by atoms with E-state index in [0.717, 1.165) is 43.2 Å². The summed E-state index contributed by atoms with van der Waals surface area (Å²) >= 11 is 0. The van der Waals surface area contributed by atoms with Crippen molar-refractivity contribution in [2.75, 3.05) is 20.3 Å². The Morgan fingerprint density at radius 2 is 1.62 bits per heavy atom. The van der Waals surface area contributed by atoms with Crippen molar-refractivity contribution in [3.8, 4) is 11.5 Å². The van der Waals surface area contributed by atoms with Crippen LogP contribution >= 0.6 is 12.4 Å². The molecule has 2 atom stereocenters. The SMILES string of the molecule is COc1ccc(OCCCN2[C@H](C)CCC[C@@H]2C)cc1.Cl. The van der Waals surface area contributed by atoms with Gasteiger partial charge in [0, 0.05) is 18.6 Å². The van der Waals surface area contributed by atoms with Crippen molar-refractivity contribution >= 4 is 12.4 Å². The smallest absolute Gasteiger partial charge is 0.119 e. The summed E-state index contributed by atoms with van der Waals surface area (Å²) in [6.07, 6.45) is 5.13. The molecular formula is C17H28ClNO2. The summed E-state index contributed by atoms with van der Waals surface area (Å²) in [7, 11) is 1.68. The van der Waals surface area contributed by atoms with Gasteiger partial charge in [0.05, 0.1) is 13.7 Å². The van der Waals surface area contributed by atoms with E-state index in [2.05, 4.69) is 18.7 Å². The minimum Gasteiger partial charge on any atom is -0.497 e. The van der Waals surface area contributed by atoms with Crippen LogP contribution in [0.5, 0.6) is 11.5 Å². The molecule has 0 radical (unpaired) electrons. The minimum absolute atomic E-state index is 0. The molecule has 21 heavy (non-hydrogen) atoms. The lowest BCUT2D eigenvalue weighted by Crippen LogP contribution is -2.44. The maximum atomic E-state index is 5.78. The number of nitrogens with zero attached hydrogens (tertiary/aromatic N) is 1. The van der Waals surface area contributed by atoms with Crippen molar-refractivity contribution in [2.45, 2.75) is 51.6 Å². The first-order chi connectivity index (χ1) is 9.70. The van der Waals surface area contributed by atoms with Crippen molar-refractivity contribution in [3.05, 3.63) is 24.3 Å². The van der Waals surface area contributed by atoms with Crippen LogP contribution in [-0.2, 0) is 0 Å². The van der Waals surface area contributed by atoms with Crippen LogP contribution in [0.15, 0.2) is 24.3 Å². The molecule has 0 spiro atoms. The second-order valence-corrected chi connectivity index (χ2v) is 5.74. The molecule has 1 aliphatic heterocycles. The number of rotatable bonds is 6. The number of hydrogen-bond acceptors (Lipinski definition) is 3. The van der Waals surface area contributed by atoms with E-state index in [-0.39, 0.29) is 12.4 Å². The lowest BCUT2D eigenvalue weighted by Gasteiger charge is -2.39. The fourth-order valence-corrected chi connectivity index (χ4v) is 3.02. The molecule has 0 amide bonds. The highest BCUT2D eigenvalue weighted by Gasteiger charge is 2.23. The van der Waals surface area contributed by atoms with Gasteiger partial charge in [0.15, 0.2) is 0 Å². The molecule has 1 saturated heterocycles. The fourth-order valence-electron chi connectivity index (χ4n) is 3.02. The predicted molar refractivity (Wildman–Crippen MR) is 89.8 cm³/mol. The number of ether oxygens (including phenoxy) is 2. The van der Waals surface area contributed by atoms with Crippen LogP contribution < -0.4 is 9.47 Å². The molecule has 120 valence electrons. The van der Waals surface area contributed by atoms with Crippen LogP contribution in [-0.4, -0.2) is 37.2 Å². The average molecular weight is 314 g/mol. The van der Waals surface area contributed by atoms with Gasteiger partial charge in [0.25, 0.3) is 0 Å². The molecule has 1 aromatic carbocycles. The van der Waals surface area contributed by atoms with Gasteiger partial charge in [-0.1, -0.05) is 6.42 Å². The molecule has 2 rings (SSSR count). The molecule has 0 saturated carbocycles. The molecule has 1 fully saturated rings. The topological polar surface area (TPSA) is 21.7 Å². The number of halogens is 1. The summed E-state index contributed by atoms with van der Waals surface area (Å²) in [5.41, 5.74) is 0. The lowest BCUT2D eigenvalue weighted by atomic mass is 9.97. The quantitative estimate of drug-likeness (QED) is 0.736. The Bertz CT molecular complexity index is 386. The molecular weight excluding hydrogens is 286 g/mol. The zero-order valence-corrected chi connectivity index (χ0v) is 14.2. The Kier molecular flexibility index (Phi) is 7.91. The molecule has 0 aromatic heterocycles. The number of methoxy groups -OCH3 is 1. The highest BCUT2D eigenvalue weighted by atomic mass is 35.5. The molecule has 3 nitrogen and oxygen atoms in total. The Balaban J connectivity index is 0.00000220. The van der Waals surface area contributed by atoms with Crippen LogP contribution in [0.2, 0.25) is 0 Å². The van der Waals surface area contributed by atoms with E-state index < -0.39 is 0 Å². The summed E-state index contributed by atoms with van der Waals surface area (Å²) in [4.78, 5) is 2.63. The predicted octanol–water partition coefficient (Wildman–Crippen LogP) is 4.15. The van der Waals surface area contributed by atoms with Crippen LogP contribution in [0.1, 0.15) is 39.5 Å². The summed E-state index contributed by atoms with van der Waals surface area (Å²) in [6.45, 7) is 6.61. The Labute approximate surface area is 135 Å². The summed E-state index contributed by atoms with van der Waals surface area (Å²) in [5.74, 6) is 1.79. The largest absolute Gasteiger partial charge is 0.497 e. The molecule has 1 aliphatic rings. The maximum Gasteiger partial charge on any atom is 0.119 e. The first-order valence-electron chi connectivity index (χ1n) is 7.73. The van der Waals surface area contributed by atoms with Gasteiger partial charge in [-0.3, -0.25) is 4.90 Å². The first-order valence-corrected chi connectivity index (χ1v) is 7.73. The monoisotopic (exact) mass is 313 g/mol. The molecule has 0 aliphatic carbocycles. The highest BCUT2D eigenvalue weighted by Crippen LogP contribution is 2.22. The van der Waals surface area contributed by atoms with Gasteiger partial charge >= 0.3 is 0 Å². The van der Waals surface area contributed by atoms with E-state index in [4.69, 9.17) is 9.47 Å². The van der Waals surface area contributed by atoms with Gasteiger partial charge in [0.1, 0.15) is 11.5 Å². The summed E-state index contributed by atoms with van der Waals surface area (Å²) in [5, 5.41) is 0. The second-order valence-electron chi connectivity index (χ2n) is 5.74. The van der Waals surface area contributed by atoms with Gasteiger partial charge < -0.3 is 9.47 Å². The molecule has 1 aromatic rings. The minimum atomic E-state index is 0. The summed E-state index contributed by atoms with van der Waals surface area (Å²) < 4.78 is 10.9. The van der Waals surface area contributed by atoms with Crippen LogP contribution in [0.3, 0.4) is 0 Å². The Morgan fingerprint density at radius 3 is 2.19 bits per heavy atom. The van der Waals surface area contributed by atoms with E-state index in [1.165, 1.54) is 19.3 Å². The zero-order chi connectivity index (χ0) is 14.4. The average Bonchev–Trinajstić information content (AvgIpc) is 2.46. The number of hydrogen-bond donors (Lipinski definition) is 0. The maximum absolute atomic E-state index is 5.78.